The van der Waals surface area contributed by atoms with Crippen LogP contribution >= 0.6 is 11.8 Å². The lowest BCUT2D eigenvalue weighted by Crippen LogP contribution is -2.34. The van der Waals surface area contributed by atoms with Crippen molar-refractivity contribution in [2.45, 2.75) is 49.8 Å². The molecule has 26 heavy (non-hydrogen) atoms. The van der Waals surface area contributed by atoms with Crippen LogP contribution in [0.1, 0.15) is 48.9 Å². The number of amides is 2. The first kappa shape index (κ1) is 18.8. The Morgan fingerprint density at radius 3 is 2.58 bits per heavy atom. The van der Waals surface area contributed by atoms with Crippen LogP contribution in [0.25, 0.3) is 0 Å². The van der Waals surface area contributed by atoms with E-state index in [1.807, 2.05) is 0 Å². The second-order valence-electron chi connectivity index (χ2n) is 6.48. The summed E-state index contributed by atoms with van der Waals surface area (Å²) in [6.07, 6.45) is 6.15. The number of benzene rings is 1. The molecule has 1 atom stereocenters. The molecule has 0 saturated heterocycles. The van der Waals surface area contributed by atoms with E-state index in [0.717, 1.165) is 25.0 Å². The zero-order chi connectivity index (χ0) is 18.5. The third-order valence-corrected chi connectivity index (χ3v) is 5.71. The minimum absolute atomic E-state index is 0.141. The number of amidine groups is 1. The van der Waals surface area contributed by atoms with Crippen molar-refractivity contribution in [3.63, 3.8) is 0 Å². The number of halogens is 2. The van der Waals surface area contributed by atoms with E-state index < -0.39 is 23.1 Å². The molecule has 1 unspecified atom stereocenters. The zero-order valence-electron chi connectivity index (χ0n) is 14.3. The lowest BCUT2D eigenvalue weighted by Gasteiger charge is -2.23. The maximum absolute atomic E-state index is 13.6. The van der Waals surface area contributed by atoms with Gasteiger partial charge in [-0.05, 0) is 31.4 Å². The molecule has 5 nitrogen and oxygen atoms in total. The molecular formula is C18H21F2N3O2S. The van der Waals surface area contributed by atoms with Gasteiger partial charge in [-0.2, -0.15) is 4.99 Å². The van der Waals surface area contributed by atoms with Crippen LogP contribution < -0.4 is 10.6 Å². The minimum atomic E-state index is -0.906. The lowest BCUT2D eigenvalue weighted by molar-refractivity contribution is -0.117. The fourth-order valence-corrected chi connectivity index (χ4v) is 4.21. The number of rotatable bonds is 5. The third kappa shape index (κ3) is 4.60. The predicted octanol–water partition coefficient (Wildman–Crippen LogP) is 3.01. The largest absolute Gasteiger partial charge is 0.362 e. The number of hydrogen-bond acceptors (Lipinski definition) is 4. The minimum Gasteiger partial charge on any atom is -0.362 e. The molecule has 2 aliphatic rings. The van der Waals surface area contributed by atoms with Gasteiger partial charge in [0.25, 0.3) is 11.8 Å². The van der Waals surface area contributed by atoms with Crippen molar-refractivity contribution in [3.8, 4) is 0 Å². The standard InChI is InChI=1S/C18H21F2N3O2S/c19-12-7-4-8-13(20)15(12)17(25)21-10-9-14-16(24)23-18(26-14)22-11-5-2-1-3-6-11/h4,7-8,11,14H,1-3,5-6,9-10H2,(H,21,25)(H,22,23,24). The Balaban J connectivity index is 1.45. The fourth-order valence-electron chi connectivity index (χ4n) is 3.17. The predicted molar refractivity (Wildman–Crippen MR) is 97.1 cm³/mol. The average Bonchev–Trinajstić information content (AvgIpc) is 2.95. The first-order chi connectivity index (χ1) is 12.5. The van der Waals surface area contributed by atoms with Gasteiger partial charge in [-0.1, -0.05) is 37.1 Å². The van der Waals surface area contributed by atoms with Gasteiger partial charge in [0.2, 0.25) is 0 Å². The summed E-state index contributed by atoms with van der Waals surface area (Å²) >= 11 is 1.36. The van der Waals surface area contributed by atoms with Gasteiger partial charge in [-0.25, -0.2) is 8.78 Å². The molecule has 8 heteroatoms. The van der Waals surface area contributed by atoms with E-state index in [9.17, 15) is 18.4 Å². The Kier molecular flexibility index (Phi) is 6.24. The molecule has 2 N–H and O–H groups in total. The number of nitrogens with one attached hydrogen (secondary N) is 2. The van der Waals surface area contributed by atoms with Gasteiger partial charge in [0.05, 0.1) is 5.25 Å². The number of hydrogen-bond donors (Lipinski definition) is 2. The van der Waals surface area contributed by atoms with Crippen molar-refractivity contribution in [1.82, 2.24) is 10.6 Å². The van der Waals surface area contributed by atoms with Crippen molar-refractivity contribution >= 4 is 28.7 Å². The van der Waals surface area contributed by atoms with E-state index in [0.29, 0.717) is 17.6 Å². The second kappa shape index (κ2) is 8.62. The molecule has 1 fully saturated rings. The molecule has 1 aromatic rings. The second-order valence-corrected chi connectivity index (χ2v) is 7.67. The van der Waals surface area contributed by atoms with Gasteiger partial charge in [-0.3, -0.25) is 9.59 Å². The van der Waals surface area contributed by atoms with Crippen LogP contribution in [0.5, 0.6) is 0 Å². The molecule has 1 aliphatic heterocycles. The molecule has 2 amide bonds. The highest BCUT2D eigenvalue weighted by Crippen LogP contribution is 2.26. The molecule has 0 radical (unpaired) electrons. The number of aliphatic imine (C=N–C) groups is 1. The summed E-state index contributed by atoms with van der Waals surface area (Å²) in [6, 6.07) is 3.63. The zero-order valence-corrected chi connectivity index (χ0v) is 15.1. The molecule has 1 heterocycles. The smallest absolute Gasteiger partial charge is 0.261 e. The molecule has 0 aromatic heterocycles. The first-order valence-corrected chi connectivity index (χ1v) is 9.70. The molecule has 1 aromatic carbocycles. The Labute approximate surface area is 155 Å². The SMILES string of the molecule is O=C(NCCC1SC(NC2CCCCC2)=NC1=O)c1c(F)cccc1F. The van der Waals surface area contributed by atoms with E-state index in [1.165, 1.54) is 37.1 Å². The van der Waals surface area contributed by atoms with Crippen molar-refractivity contribution in [1.29, 1.82) is 0 Å². The molecule has 140 valence electrons. The van der Waals surface area contributed by atoms with Crippen LogP contribution in [0.15, 0.2) is 23.2 Å². The first-order valence-electron chi connectivity index (χ1n) is 8.82. The summed E-state index contributed by atoms with van der Waals surface area (Å²) in [5.41, 5.74) is -0.603. The third-order valence-electron chi connectivity index (χ3n) is 4.56. The van der Waals surface area contributed by atoms with Gasteiger partial charge in [0.1, 0.15) is 17.2 Å². The van der Waals surface area contributed by atoms with Crippen molar-refractivity contribution in [3.05, 3.63) is 35.4 Å². The van der Waals surface area contributed by atoms with Gasteiger partial charge in [0, 0.05) is 12.6 Å². The normalized spacial score (nSPS) is 20.8. The van der Waals surface area contributed by atoms with Crippen LogP contribution in [-0.2, 0) is 4.79 Å². The van der Waals surface area contributed by atoms with Crippen molar-refractivity contribution < 1.29 is 18.4 Å². The molecule has 1 saturated carbocycles. The van der Waals surface area contributed by atoms with E-state index in [-0.39, 0.29) is 17.7 Å². The van der Waals surface area contributed by atoms with Crippen LogP contribution in [0.2, 0.25) is 0 Å². The highest BCUT2D eigenvalue weighted by molar-refractivity contribution is 8.15. The lowest BCUT2D eigenvalue weighted by atomic mass is 9.96. The quantitative estimate of drug-likeness (QED) is 0.823. The number of carbonyl (C=O) groups is 2. The molecule has 1 aliphatic carbocycles. The average molecular weight is 381 g/mol. The van der Waals surface area contributed by atoms with Gasteiger partial charge < -0.3 is 10.6 Å². The van der Waals surface area contributed by atoms with Gasteiger partial charge in [0.15, 0.2) is 5.17 Å². The summed E-state index contributed by atoms with van der Waals surface area (Å²) in [4.78, 5) is 28.0. The van der Waals surface area contributed by atoms with Crippen molar-refractivity contribution in [2.24, 2.45) is 4.99 Å². The maximum atomic E-state index is 13.6. The summed E-state index contributed by atoms with van der Waals surface area (Å²) in [5.74, 6) is -2.87. The van der Waals surface area contributed by atoms with Gasteiger partial charge in [-0.15, -0.1) is 0 Å². The van der Waals surface area contributed by atoms with Crippen LogP contribution in [0, 0.1) is 11.6 Å². The summed E-state index contributed by atoms with van der Waals surface area (Å²) in [6.45, 7) is 0.141. The molecular weight excluding hydrogens is 360 g/mol. The van der Waals surface area contributed by atoms with E-state index in [1.54, 1.807) is 0 Å². The summed E-state index contributed by atoms with van der Waals surface area (Å²) in [5, 5.41) is 6.05. The Morgan fingerprint density at radius 2 is 1.88 bits per heavy atom. The van der Waals surface area contributed by atoms with Crippen LogP contribution in [0.4, 0.5) is 8.78 Å². The van der Waals surface area contributed by atoms with Crippen LogP contribution in [-0.4, -0.2) is 34.8 Å². The van der Waals surface area contributed by atoms with Crippen LogP contribution in [0.3, 0.4) is 0 Å². The Hall–Kier alpha value is -1.96. The topological polar surface area (TPSA) is 70.6 Å². The maximum Gasteiger partial charge on any atom is 0.261 e. The highest BCUT2D eigenvalue weighted by Gasteiger charge is 2.29. The summed E-state index contributed by atoms with van der Waals surface area (Å²) in [7, 11) is 0. The number of nitrogens with zero attached hydrogens (tertiary/aromatic N) is 1. The number of carbonyl (C=O) groups excluding carboxylic acids is 2. The molecule has 0 bridgehead atoms. The van der Waals surface area contributed by atoms with E-state index in [2.05, 4.69) is 15.6 Å². The van der Waals surface area contributed by atoms with E-state index in [4.69, 9.17) is 0 Å². The Bertz CT molecular complexity index is 700. The van der Waals surface area contributed by atoms with Gasteiger partial charge >= 0.3 is 0 Å². The monoisotopic (exact) mass is 381 g/mol. The molecule has 0 spiro atoms. The number of thioether (sulfide) groups is 1. The fraction of sp³-hybridized carbons (Fsp3) is 0.500. The summed E-state index contributed by atoms with van der Waals surface area (Å²) < 4.78 is 27.2. The molecule has 3 rings (SSSR count). The van der Waals surface area contributed by atoms with Crippen molar-refractivity contribution in [2.75, 3.05) is 6.54 Å². The highest BCUT2D eigenvalue weighted by atomic mass is 32.2. The van der Waals surface area contributed by atoms with E-state index >= 15 is 0 Å². The Morgan fingerprint density at radius 1 is 1.19 bits per heavy atom.